The Labute approximate surface area is 307 Å². The van der Waals surface area contributed by atoms with Crippen LogP contribution in [0.2, 0.25) is 0 Å². The summed E-state index contributed by atoms with van der Waals surface area (Å²) in [6.07, 6.45) is 2.18. The first-order valence-electron chi connectivity index (χ1n) is 18.7. The molecule has 246 valence electrons. The van der Waals surface area contributed by atoms with Gasteiger partial charge in [-0.05, 0) is 120 Å². The molecule has 1 aliphatic rings. The normalized spacial score (nSPS) is 12.8. The van der Waals surface area contributed by atoms with Gasteiger partial charge >= 0.3 is 0 Å². The molecule has 0 aliphatic heterocycles. The Morgan fingerprint density at radius 2 is 0.981 bits per heavy atom. The molecule has 10 aromatic carbocycles. The number of hydrogen-bond acceptors (Lipinski definition) is 0. The smallest absolute Gasteiger partial charge is 0.0626 e. The summed E-state index contributed by atoms with van der Waals surface area (Å²) in [7, 11) is 0. The van der Waals surface area contributed by atoms with Crippen molar-refractivity contribution < 1.29 is 0 Å². The zero-order chi connectivity index (χ0) is 34.6. The van der Waals surface area contributed by atoms with Gasteiger partial charge in [0.15, 0.2) is 0 Å². The highest BCUT2D eigenvalue weighted by Gasteiger charge is 2.23. The van der Waals surface area contributed by atoms with E-state index in [1.54, 1.807) is 0 Å². The zero-order valence-electron chi connectivity index (χ0n) is 29.1. The Balaban J connectivity index is 1.22. The van der Waals surface area contributed by atoms with Crippen LogP contribution in [0.5, 0.6) is 0 Å². The average molecular weight is 672 g/mol. The highest BCUT2D eigenvalue weighted by molar-refractivity contribution is 6.38. The zero-order valence-corrected chi connectivity index (χ0v) is 29.1. The van der Waals surface area contributed by atoms with Gasteiger partial charge in [0.05, 0.1) is 11.0 Å². The number of rotatable bonds is 2. The Kier molecular flexibility index (Phi) is 5.95. The van der Waals surface area contributed by atoms with E-state index >= 15 is 0 Å². The van der Waals surface area contributed by atoms with Crippen LogP contribution in [0.25, 0.3) is 104 Å². The highest BCUT2D eigenvalue weighted by Crippen LogP contribution is 2.48. The van der Waals surface area contributed by atoms with Gasteiger partial charge in [-0.3, -0.25) is 0 Å². The SMILES string of the molecule is c1ccc2c(c1)CCc1ccc(-n3c4ccccc4c4c5c6ccccc6c(-c6ccc7ccc8ccccc8c7c6)cc5c5ccccc5c43)cc1-2. The maximum Gasteiger partial charge on any atom is 0.0626 e. The maximum atomic E-state index is 2.54. The van der Waals surface area contributed by atoms with Crippen LogP contribution in [-0.2, 0) is 12.8 Å². The third-order valence-corrected chi connectivity index (χ3v) is 12.0. The van der Waals surface area contributed by atoms with Gasteiger partial charge in [0.2, 0.25) is 0 Å². The molecule has 1 heteroatoms. The molecule has 0 atom stereocenters. The number of aryl methyl sites for hydroxylation is 2. The monoisotopic (exact) mass is 671 g/mol. The molecular weight excluding hydrogens is 639 g/mol. The molecule has 1 aromatic heterocycles. The van der Waals surface area contributed by atoms with E-state index in [4.69, 9.17) is 0 Å². The Hall–Kier alpha value is -6.70. The number of hydrogen-bond donors (Lipinski definition) is 0. The van der Waals surface area contributed by atoms with Crippen LogP contribution in [0.3, 0.4) is 0 Å². The fourth-order valence-corrected chi connectivity index (χ4v) is 9.65. The van der Waals surface area contributed by atoms with Crippen molar-refractivity contribution in [1.29, 1.82) is 0 Å². The van der Waals surface area contributed by atoms with Gasteiger partial charge < -0.3 is 4.57 Å². The summed E-state index contributed by atoms with van der Waals surface area (Å²) in [5.41, 5.74) is 11.8. The van der Waals surface area contributed by atoms with Crippen molar-refractivity contribution in [3.63, 3.8) is 0 Å². The second-order valence-corrected chi connectivity index (χ2v) is 14.7. The van der Waals surface area contributed by atoms with Crippen LogP contribution in [0.15, 0.2) is 176 Å². The fourth-order valence-electron chi connectivity index (χ4n) is 9.65. The second kappa shape index (κ2) is 10.9. The van der Waals surface area contributed by atoms with Crippen molar-refractivity contribution in [2.24, 2.45) is 0 Å². The first-order valence-corrected chi connectivity index (χ1v) is 18.7. The largest absolute Gasteiger partial charge is 0.309 e. The minimum Gasteiger partial charge on any atom is -0.309 e. The topological polar surface area (TPSA) is 4.93 Å². The van der Waals surface area contributed by atoms with Gasteiger partial charge in [-0.15, -0.1) is 0 Å². The van der Waals surface area contributed by atoms with E-state index in [0.29, 0.717) is 0 Å². The van der Waals surface area contributed by atoms with Crippen molar-refractivity contribution in [3.8, 4) is 27.9 Å². The van der Waals surface area contributed by atoms with Gasteiger partial charge in [0.1, 0.15) is 0 Å². The third-order valence-electron chi connectivity index (χ3n) is 12.0. The van der Waals surface area contributed by atoms with Crippen LogP contribution in [-0.4, -0.2) is 4.57 Å². The molecule has 11 aromatic rings. The van der Waals surface area contributed by atoms with Gasteiger partial charge in [-0.2, -0.15) is 0 Å². The van der Waals surface area contributed by atoms with Gasteiger partial charge in [-0.1, -0.05) is 146 Å². The second-order valence-electron chi connectivity index (χ2n) is 14.7. The van der Waals surface area contributed by atoms with Crippen LogP contribution < -0.4 is 0 Å². The van der Waals surface area contributed by atoms with E-state index in [9.17, 15) is 0 Å². The Bertz CT molecular complexity index is 3340. The molecule has 0 unspecified atom stereocenters. The summed E-state index contributed by atoms with van der Waals surface area (Å²) in [5.74, 6) is 0. The van der Waals surface area contributed by atoms with Crippen molar-refractivity contribution in [2.45, 2.75) is 12.8 Å². The number of benzene rings is 10. The van der Waals surface area contributed by atoms with Crippen molar-refractivity contribution in [1.82, 2.24) is 4.57 Å². The molecule has 1 nitrogen and oxygen atoms in total. The minimum absolute atomic E-state index is 1.08. The first kappa shape index (κ1) is 28.9. The van der Waals surface area contributed by atoms with Crippen molar-refractivity contribution in [2.75, 3.05) is 0 Å². The molecule has 0 N–H and O–H groups in total. The standard InChI is InChI=1S/C52H33N/c1-3-13-38-32(11-1)21-23-34-25-26-36(29-45(34)38)47-31-48-41-16-6-8-18-43(41)52-51(50(48)42-17-7-5-15-40(42)47)44-19-9-10-20-49(44)53(52)37-28-27-35-24-22-33-12-2-4-14-39(33)46(35)30-37/h1-21,23,25-31H,22,24H2. The van der Waals surface area contributed by atoms with Crippen molar-refractivity contribution in [3.05, 3.63) is 187 Å². The minimum atomic E-state index is 1.08. The molecule has 0 saturated carbocycles. The summed E-state index contributed by atoms with van der Waals surface area (Å²) in [5, 5.41) is 15.5. The predicted octanol–water partition coefficient (Wildman–Crippen LogP) is 14.0. The van der Waals surface area contributed by atoms with E-state index in [2.05, 4.69) is 180 Å². The summed E-state index contributed by atoms with van der Waals surface area (Å²) < 4.78 is 2.54. The summed E-state index contributed by atoms with van der Waals surface area (Å²) in [6.45, 7) is 0. The molecule has 0 spiro atoms. The first-order chi connectivity index (χ1) is 26.3. The number of aromatic nitrogens is 1. The van der Waals surface area contributed by atoms with E-state index < -0.39 is 0 Å². The van der Waals surface area contributed by atoms with Crippen LogP contribution >= 0.6 is 0 Å². The lowest BCUT2D eigenvalue weighted by molar-refractivity contribution is 0.940. The van der Waals surface area contributed by atoms with Crippen LogP contribution in [0.4, 0.5) is 0 Å². The number of nitrogens with zero attached hydrogens (tertiary/aromatic N) is 1. The Morgan fingerprint density at radius 1 is 0.340 bits per heavy atom. The van der Waals surface area contributed by atoms with Gasteiger partial charge in [0, 0.05) is 27.2 Å². The Morgan fingerprint density at radius 3 is 1.85 bits per heavy atom. The van der Waals surface area contributed by atoms with Gasteiger partial charge in [-0.25, -0.2) is 0 Å². The van der Waals surface area contributed by atoms with Crippen LogP contribution in [0.1, 0.15) is 11.1 Å². The molecule has 0 bridgehead atoms. The van der Waals surface area contributed by atoms with Crippen molar-refractivity contribution >= 4 is 75.7 Å². The molecule has 0 saturated heterocycles. The third kappa shape index (κ3) is 4.08. The molecule has 1 heterocycles. The molecule has 1 aliphatic carbocycles. The number of para-hydroxylation sites is 1. The predicted molar refractivity (Wildman–Crippen MR) is 227 cm³/mol. The molecule has 0 amide bonds. The van der Waals surface area contributed by atoms with E-state index in [1.165, 1.54) is 115 Å². The number of fused-ring (bicyclic) bond motifs is 16. The molecule has 53 heavy (non-hydrogen) atoms. The molecular formula is C52H33N. The maximum absolute atomic E-state index is 2.54. The average Bonchev–Trinajstić information content (AvgIpc) is 3.58. The lowest BCUT2D eigenvalue weighted by atomic mass is 9.85. The molecule has 12 rings (SSSR count). The summed E-state index contributed by atoms with van der Waals surface area (Å²) in [6, 6.07) is 66.0. The van der Waals surface area contributed by atoms with E-state index in [0.717, 1.165) is 12.8 Å². The summed E-state index contributed by atoms with van der Waals surface area (Å²) in [4.78, 5) is 0. The highest BCUT2D eigenvalue weighted by atomic mass is 15.0. The van der Waals surface area contributed by atoms with Gasteiger partial charge in [0.25, 0.3) is 0 Å². The quantitative estimate of drug-likeness (QED) is 0.161. The summed E-state index contributed by atoms with van der Waals surface area (Å²) >= 11 is 0. The lowest BCUT2D eigenvalue weighted by Gasteiger charge is -2.21. The van der Waals surface area contributed by atoms with E-state index in [1.807, 2.05) is 0 Å². The lowest BCUT2D eigenvalue weighted by Crippen LogP contribution is -2.05. The molecule has 0 fully saturated rings. The van der Waals surface area contributed by atoms with E-state index in [-0.39, 0.29) is 0 Å². The fraction of sp³-hybridized carbons (Fsp3) is 0.0385. The molecule has 0 radical (unpaired) electrons. The van der Waals surface area contributed by atoms with Crippen LogP contribution in [0, 0.1) is 0 Å².